The molecule has 2 amide bonds. The van der Waals surface area contributed by atoms with Gasteiger partial charge in [-0.25, -0.2) is 0 Å². The van der Waals surface area contributed by atoms with E-state index in [2.05, 4.69) is 17.3 Å². The Morgan fingerprint density at radius 1 is 1.18 bits per heavy atom. The van der Waals surface area contributed by atoms with Crippen molar-refractivity contribution in [3.8, 4) is 0 Å². The molecule has 1 aromatic heterocycles. The summed E-state index contributed by atoms with van der Waals surface area (Å²) in [6, 6.07) is 3.60. The maximum atomic E-state index is 12.7. The van der Waals surface area contributed by atoms with Gasteiger partial charge in [0, 0.05) is 0 Å². The van der Waals surface area contributed by atoms with Gasteiger partial charge in [0.15, 0.2) is 0 Å². The average molecular weight is 296 g/mol. The molecule has 1 aliphatic heterocycles. The van der Waals surface area contributed by atoms with E-state index in [1.807, 2.05) is 13.0 Å². The first-order chi connectivity index (χ1) is 10.6. The van der Waals surface area contributed by atoms with Crippen LogP contribution in [-0.2, 0) is 9.59 Å². The number of amides is 2. The van der Waals surface area contributed by atoms with Gasteiger partial charge in [0.2, 0.25) is 0 Å². The molecule has 1 spiro atoms. The largest absolute Gasteiger partial charge is 0.460 e. The van der Waals surface area contributed by atoms with Crippen molar-refractivity contribution in [2.45, 2.75) is 19.8 Å². The van der Waals surface area contributed by atoms with E-state index in [1.54, 1.807) is 6.07 Å². The summed E-state index contributed by atoms with van der Waals surface area (Å²) in [6.07, 6.45) is 8.07. The molecule has 1 saturated heterocycles. The Bertz CT molecular complexity index is 722. The molecule has 4 aliphatic rings. The monoisotopic (exact) mass is 296 g/mol. The lowest BCUT2D eigenvalue weighted by molar-refractivity contribution is -0.141. The van der Waals surface area contributed by atoms with Crippen LogP contribution >= 0.6 is 0 Å². The first kappa shape index (κ1) is 12.4. The van der Waals surface area contributed by atoms with Crippen LogP contribution in [0.5, 0.6) is 0 Å². The zero-order chi connectivity index (χ0) is 15.1. The van der Waals surface area contributed by atoms with Gasteiger partial charge in [-0.1, -0.05) is 12.2 Å². The number of nitrogens with zero attached hydrogens (tertiary/aromatic N) is 2. The minimum absolute atomic E-state index is 0.141. The minimum Gasteiger partial charge on any atom is -0.460 e. The molecule has 0 aromatic carbocycles. The molecule has 0 radical (unpaired) electrons. The highest BCUT2D eigenvalue weighted by atomic mass is 16.3. The van der Waals surface area contributed by atoms with E-state index in [9.17, 15) is 9.59 Å². The van der Waals surface area contributed by atoms with Gasteiger partial charge < -0.3 is 4.42 Å². The molecule has 3 fully saturated rings. The van der Waals surface area contributed by atoms with Crippen LogP contribution in [0, 0.1) is 36.0 Å². The number of hydrogen-bond acceptors (Lipinski definition) is 4. The highest BCUT2D eigenvalue weighted by molar-refractivity contribution is 6.07. The van der Waals surface area contributed by atoms with Crippen molar-refractivity contribution < 1.29 is 14.0 Å². The third-order valence-electron chi connectivity index (χ3n) is 5.89. The quantitative estimate of drug-likeness (QED) is 0.477. The predicted molar refractivity (Wildman–Crippen MR) is 77.7 cm³/mol. The molecule has 5 rings (SSSR count). The lowest BCUT2D eigenvalue weighted by Gasteiger charge is -2.18. The fraction of sp³-hybridized carbons (Fsp3) is 0.471. The van der Waals surface area contributed by atoms with Gasteiger partial charge in [0.25, 0.3) is 11.8 Å². The molecule has 4 atom stereocenters. The van der Waals surface area contributed by atoms with Crippen molar-refractivity contribution in [3.63, 3.8) is 0 Å². The number of furan rings is 1. The Balaban J connectivity index is 1.45. The molecule has 0 N–H and O–H groups in total. The number of fused-ring (bicyclic) bond motifs is 3. The van der Waals surface area contributed by atoms with E-state index < -0.39 is 0 Å². The first-order valence-corrected chi connectivity index (χ1v) is 7.78. The van der Waals surface area contributed by atoms with E-state index in [0.29, 0.717) is 5.76 Å². The van der Waals surface area contributed by atoms with Gasteiger partial charge >= 0.3 is 0 Å². The van der Waals surface area contributed by atoms with E-state index in [4.69, 9.17) is 4.42 Å². The number of aryl methyl sites for hydroxylation is 1. The third-order valence-corrected chi connectivity index (χ3v) is 5.89. The Hall–Kier alpha value is -2.17. The summed E-state index contributed by atoms with van der Waals surface area (Å²) in [4.78, 5) is 25.3. The van der Waals surface area contributed by atoms with Gasteiger partial charge in [-0.3, -0.25) is 9.59 Å². The first-order valence-electron chi connectivity index (χ1n) is 7.78. The third kappa shape index (κ3) is 1.32. The van der Waals surface area contributed by atoms with Crippen LogP contribution in [0.1, 0.15) is 24.4 Å². The molecule has 2 heterocycles. The number of hydrogen-bond donors (Lipinski definition) is 0. The zero-order valence-corrected chi connectivity index (χ0v) is 12.2. The number of hydrazone groups is 1. The van der Waals surface area contributed by atoms with E-state index in [1.165, 1.54) is 6.21 Å². The Kier molecular flexibility index (Phi) is 2.12. The van der Waals surface area contributed by atoms with E-state index in [-0.39, 0.29) is 40.9 Å². The Morgan fingerprint density at radius 2 is 1.82 bits per heavy atom. The fourth-order valence-electron chi connectivity index (χ4n) is 4.81. The van der Waals surface area contributed by atoms with Crippen molar-refractivity contribution in [1.29, 1.82) is 0 Å². The van der Waals surface area contributed by atoms with E-state index >= 15 is 0 Å². The van der Waals surface area contributed by atoms with Crippen LogP contribution in [0.2, 0.25) is 0 Å². The van der Waals surface area contributed by atoms with Gasteiger partial charge in [-0.2, -0.15) is 10.1 Å². The molecule has 112 valence electrons. The summed E-state index contributed by atoms with van der Waals surface area (Å²) in [5, 5.41) is 5.17. The molecule has 1 aromatic rings. The lowest BCUT2D eigenvalue weighted by atomic mass is 9.85. The average Bonchev–Trinajstić information content (AvgIpc) is 2.87. The van der Waals surface area contributed by atoms with Crippen molar-refractivity contribution in [2.24, 2.45) is 34.2 Å². The highest BCUT2D eigenvalue weighted by Gasteiger charge is 2.73. The summed E-state index contributed by atoms with van der Waals surface area (Å²) >= 11 is 0. The maximum Gasteiger partial charge on any atom is 0.254 e. The van der Waals surface area contributed by atoms with Gasteiger partial charge in [-0.05, 0) is 49.1 Å². The highest BCUT2D eigenvalue weighted by Crippen LogP contribution is 2.73. The second kappa shape index (κ2) is 3.77. The van der Waals surface area contributed by atoms with Gasteiger partial charge in [-0.15, -0.1) is 0 Å². The molecular formula is C17H16N2O3. The Morgan fingerprint density at radius 3 is 2.32 bits per heavy atom. The predicted octanol–water partition coefficient (Wildman–Crippen LogP) is 2.12. The molecular weight excluding hydrogens is 280 g/mol. The van der Waals surface area contributed by atoms with Crippen molar-refractivity contribution >= 4 is 18.0 Å². The SMILES string of the molecule is Cc1ccc(/C=N\N2C(=O)[C@H]3[C@H](C2=O)[C@H]2C=C[C@H]3C23CC3)o1. The summed E-state index contributed by atoms with van der Waals surface area (Å²) in [6.45, 7) is 1.84. The molecule has 22 heavy (non-hydrogen) atoms. The maximum absolute atomic E-state index is 12.7. The van der Waals surface area contributed by atoms with Gasteiger partial charge in [0.05, 0.1) is 18.1 Å². The molecule has 2 bridgehead atoms. The van der Waals surface area contributed by atoms with Crippen LogP contribution in [-0.4, -0.2) is 23.0 Å². The van der Waals surface area contributed by atoms with Crippen LogP contribution in [0.15, 0.2) is 33.8 Å². The second-order valence-corrected chi connectivity index (χ2v) is 6.90. The van der Waals surface area contributed by atoms with Crippen LogP contribution in [0.25, 0.3) is 0 Å². The fourth-order valence-corrected chi connectivity index (χ4v) is 4.81. The summed E-state index contributed by atoms with van der Waals surface area (Å²) in [5.41, 5.74) is 0.231. The van der Waals surface area contributed by atoms with Crippen LogP contribution in [0.4, 0.5) is 0 Å². The topological polar surface area (TPSA) is 62.9 Å². The number of rotatable bonds is 2. The second-order valence-electron chi connectivity index (χ2n) is 6.90. The number of carbonyl (C=O) groups is 2. The van der Waals surface area contributed by atoms with Crippen LogP contribution in [0.3, 0.4) is 0 Å². The normalized spacial score (nSPS) is 37.0. The smallest absolute Gasteiger partial charge is 0.254 e. The number of allylic oxidation sites excluding steroid dienone is 2. The van der Waals surface area contributed by atoms with E-state index in [0.717, 1.165) is 23.6 Å². The molecule has 5 heteroatoms. The molecule has 3 aliphatic carbocycles. The summed E-state index contributed by atoms with van der Waals surface area (Å²) < 4.78 is 5.39. The lowest BCUT2D eigenvalue weighted by Crippen LogP contribution is -2.30. The molecule has 5 nitrogen and oxygen atoms in total. The molecule has 0 unspecified atom stereocenters. The minimum atomic E-state index is -0.194. The van der Waals surface area contributed by atoms with Crippen molar-refractivity contribution in [3.05, 3.63) is 35.8 Å². The zero-order valence-electron chi connectivity index (χ0n) is 12.2. The summed E-state index contributed by atoms with van der Waals surface area (Å²) in [7, 11) is 0. The standard InChI is InChI=1S/C17H16N2O3/c1-9-2-3-10(22-9)8-18-19-15(20)13-11-4-5-12(14(13)16(19)21)17(11)6-7-17/h2-5,8,11-14H,6-7H2,1H3/b18-8-/t11-,12-,13-,14-/m1/s1. The van der Waals surface area contributed by atoms with Crippen molar-refractivity contribution in [2.75, 3.05) is 0 Å². The van der Waals surface area contributed by atoms with Crippen LogP contribution < -0.4 is 0 Å². The Labute approximate surface area is 127 Å². The van der Waals surface area contributed by atoms with Gasteiger partial charge in [0.1, 0.15) is 11.5 Å². The summed E-state index contributed by atoms with van der Waals surface area (Å²) in [5.74, 6) is 1.14. The molecule has 2 saturated carbocycles. The number of imide groups is 1. The number of carbonyl (C=O) groups excluding carboxylic acids is 2. The van der Waals surface area contributed by atoms with Crippen molar-refractivity contribution in [1.82, 2.24) is 5.01 Å².